The van der Waals surface area contributed by atoms with Gasteiger partial charge in [0.15, 0.2) is 5.54 Å². The molecule has 1 atom stereocenters. The second-order valence-electron chi connectivity index (χ2n) is 6.32. The normalized spacial score (nSPS) is 29.3. The van der Waals surface area contributed by atoms with Crippen LogP contribution in [0.25, 0.3) is 0 Å². The van der Waals surface area contributed by atoms with Gasteiger partial charge in [0, 0.05) is 12.5 Å². The number of aliphatic carboxylic acids is 1. The van der Waals surface area contributed by atoms with E-state index in [1.807, 2.05) is 13.8 Å². The molecular weight excluding hydrogens is 234 g/mol. The number of ether oxygens (including phenoxy) is 1. The Bertz CT molecular complexity index is 362. The summed E-state index contributed by atoms with van der Waals surface area (Å²) in [5.74, 6) is -1.01. The summed E-state index contributed by atoms with van der Waals surface area (Å²) >= 11 is 0. The minimum Gasteiger partial charge on any atom is -0.479 e. The van der Waals surface area contributed by atoms with Gasteiger partial charge in [-0.25, -0.2) is 4.79 Å². The molecule has 0 aromatic carbocycles. The zero-order chi connectivity index (χ0) is 14.4. The average molecular weight is 257 g/mol. The molecule has 104 valence electrons. The summed E-state index contributed by atoms with van der Waals surface area (Å²) in [6, 6.07) is -0.199. The van der Waals surface area contributed by atoms with Crippen molar-refractivity contribution < 1.29 is 19.4 Å². The average Bonchev–Trinajstić information content (AvgIpc) is 2.32. The molecule has 5 nitrogen and oxygen atoms in total. The summed E-state index contributed by atoms with van der Waals surface area (Å²) in [7, 11) is 0. The second-order valence-corrected chi connectivity index (χ2v) is 6.32. The molecule has 18 heavy (non-hydrogen) atoms. The number of carbonyl (C=O) groups excluding carboxylic acids is 1. The van der Waals surface area contributed by atoms with Gasteiger partial charge in [0.2, 0.25) is 6.41 Å². The number of nitrogens with zero attached hydrogens (tertiary/aromatic N) is 1. The first-order valence-electron chi connectivity index (χ1n) is 6.17. The van der Waals surface area contributed by atoms with Gasteiger partial charge in [0.1, 0.15) is 0 Å². The molecule has 1 aliphatic heterocycles. The monoisotopic (exact) mass is 257 g/mol. The number of hydrogen-bond acceptors (Lipinski definition) is 3. The fourth-order valence-corrected chi connectivity index (χ4v) is 3.14. The highest BCUT2D eigenvalue weighted by molar-refractivity contribution is 5.84. The molecule has 1 fully saturated rings. The van der Waals surface area contributed by atoms with Crippen molar-refractivity contribution in [2.75, 3.05) is 0 Å². The smallest absolute Gasteiger partial charge is 0.332 e. The Labute approximate surface area is 108 Å². The quantitative estimate of drug-likeness (QED) is 0.778. The van der Waals surface area contributed by atoms with Crippen LogP contribution in [0.3, 0.4) is 0 Å². The van der Waals surface area contributed by atoms with Gasteiger partial charge in [0.05, 0.1) is 11.2 Å². The van der Waals surface area contributed by atoms with Gasteiger partial charge in [-0.05, 0) is 41.5 Å². The molecule has 1 heterocycles. The first kappa shape index (κ1) is 15.0. The third kappa shape index (κ3) is 2.00. The van der Waals surface area contributed by atoms with Crippen molar-refractivity contribution in [1.82, 2.24) is 4.90 Å². The van der Waals surface area contributed by atoms with E-state index >= 15 is 0 Å². The third-order valence-corrected chi connectivity index (χ3v) is 3.67. The number of rotatable bonds is 4. The third-order valence-electron chi connectivity index (χ3n) is 3.67. The largest absolute Gasteiger partial charge is 0.479 e. The first-order chi connectivity index (χ1) is 8.00. The lowest BCUT2D eigenvalue weighted by molar-refractivity contribution is -0.171. The van der Waals surface area contributed by atoms with Crippen LogP contribution in [0.4, 0.5) is 0 Å². The van der Waals surface area contributed by atoms with Crippen LogP contribution in [0.2, 0.25) is 0 Å². The summed E-state index contributed by atoms with van der Waals surface area (Å²) in [6.07, 6.45) is 0.893. The van der Waals surface area contributed by atoms with Gasteiger partial charge in [-0.15, -0.1) is 0 Å². The van der Waals surface area contributed by atoms with E-state index in [4.69, 9.17) is 4.74 Å². The molecule has 0 saturated carbocycles. The van der Waals surface area contributed by atoms with Crippen LogP contribution >= 0.6 is 0 Å². The van der Waals surface area contributed by atoms with Crippen molar-refractivity contribution in [3.63, 3.8) is 0 Å². The Kier molecular flexibility index (Phi) is 3.51. The van der Waals surface area contributed by atoms with E-state index in [0.717, 1.165) is 0 Å². The van der Waals surface area contributed by atoms with Gasteiger partial charge in [-0.3, -0.25) is 4.79 Å². The molecule has 1 N–H and O–H groups in total. The predicted octanol–water partition coefficient (Wildman–Crippen LogP) is 1.65. The first-order valence-corrected chi connectivity index (χ1v) is 6.17. The summed E-state index contributed by atoms with van der Waals surface area (Å²) in [6.45, 7) is 10.8. The highest BCUT2D eigenvalue weighted by Crippen LogP contribution is 2.48. The minimum atomic E-state index is -1.33. The number of hydrogen-bond donors (Lipinski definition) is 1. The SMILES string of the molecule is CC(C)N(C=O)C1(C(=O)O)CC(C)(C)OC1(C)C. The standard InChI is InChI=1S/C13H23NO4/c1-9(2)14(8-15)13(10(16)17)7-11(3,4)18-12(13,5)6/h8-9H,7H2,1-6H3,(H,16,17). The molecule has 0 bridgehead atoms. The summed E-state index contributed by atoms with van der Waals surface area (Å²) in [4.78, 5) is 24.6. The van der Waals surface area contributed by atoms with Crippen molar-refractivity contribution in [2.24, 2.45) is 0 Å². The van der Waals surface area contributed by atoms with E-state index in [0.29, 0.717) is 6.41 Å². The summed E-state index contributed by atoms with van der Waals surface area (Å²) < 4.78 is 5.86. The molecule has 1 amide bonds. The van der Waals surface area contributed by atoms with E-state index in [1.54, 1.807) is 27.7 Å². The molecule has 1 aliphatic rings. The van der Waals surface area contributed by atoms with Crippen LogP contribution in [0.15, 0.2) is 0 Å². The highest BCUT2D eigenvalue weighted by atomic mass is 16.5. The highest BCUT2D eigenvalue weighted by Gasteiger charge is 2.65. The number of amides is 1. The fraction of sp³-hybridized carbons (Fsp3) is 0.846. The maximum Gasteiger partial charge on any atom is 0.332 e. The van der Waals surface area contributed by atoms with Crippen LogP contribution in [0.1, 0.15) is 48.0 Å². The van der Waals surface area contributed by atoms with Crippen molar-refractivity contribution in [3.05, 3.63) is 0 Å². The molecular formula is C13H23NO4. The number of carboxylic acids is 1. The molecule has 1 rings (SSSR count). The molecule has 0 aliphatic carbocycles. The Balaban J connectivity index is 3.40. The lowest BCUT2D eigenvalue weighted by atomic mass is 9.77. The molecule has 5 heteroatoms. The van der Waals surface area contributed by atoms with Gasteiger partial charge in [-0.2, -0.15) is 0 Å². The lowest BCUT2D eigenvalue weighted by Crippen LogP contribution is -2.65. The van der Waals surface area contributed by atoms with E-state index < -0.39 is 22.7 Å². The number of carbonyl (C=O) groups is 2. The van der Waals surface area contributed by atoms with Crippen molar-refractivity contribution >= 4 is 12.4 Å². The Morgan fingerprint density at radius 1 is 1.33 bits per heavy atom. The van der Waals surface area contributed by atoms with Gasteiger partial charge in [0.25, 0.3) is 0 Å². The van der Waals surface area contributed by atoms with Crippen molar-refractivity contribution in [2.45, 2.75) is 70.7 Å². The van der Waals surface area contributed by atoms with E-state index in [2.05, 4.69) is 0 Å². The molecule has 0 aromatic heterocycles. The lowest BCUT2D eigenvalue weighted by Gasteiger charge is -2.44. The molecule has 0 spiro atoms. The van der Waals surface area contributed by atoms with Crippen LogP contribution in [0.5, 0.6) is 0 Å². The molecule has 1 unspecified atom stereocenters. The summed E-state index contributed by atoms with van der Waals surface area (Å²) in [5.41, 5.74) is -2.84. The zero-order valence-electron chi connectivity index (χ0n) is 12.0. The van der Waals surface area contributed by atoms with Gasteiger partial charge < -0.3 is 14.7 Å². The Morgan fingerprint density at radius 2 is 1.83 bits per heavy atom. The molecule has 1 saturated heterocycles. The van der Waals surface area contributed by atoms with E-state index in [1.165, 1.54) is 4.90 Å². The second kappa shape index (κ2) is 4.23. The van der Waals surface area contributed by atoms with E-state index in [-0.39, 0.29) is 12.5 Å². The van der Waals surface area contributed by atoms with Crippen LogP contribution in [-0.2, 0) is 14.3 Å². The summed E-state index contributed by atoms with van der Waals surface area (Å²) in [5, 5.41) is 9.70. The van der Waals surface area contributed by atoms with Crippen LogP contribution in [0, 0.1) is 0 Å². The predicted molar refractivity (Wildman–Crippen MR) is 67.3 cm³/mol. The Hall–Kier alpha value is -1.10. The van der Waals surface area contributed by atoms with Crippen LogP contribution < -0.4 is 0 Å². The van der Waals surface area contributed by atoms with Crippen LogP contribution in [-0.4, -0.2) is 45.2 Å². The van der Waals surface area contributed by atoms with Crippen molar-refractivity contribution in [1.29, 1.82) is 0 Å². The topological polar surface area (TPSA) is 66.8 Å². The Morgan fingerprint density at radius 3 is 2.06 bits per heavy atom. The molecule has 0 radical (unpaired) electrons. The van der Waals surface area contributed by atoms with Gasteiger partial charge >= 0.3 is 5.97 Å². The maximum atomic E-state index is 11.9. The minimum absolute atomic E-state index is 0.199. The maximum absolute atomic E-state index is 11.9. The number of carboxylic acid groups (broad SMARTS) is 1. The molecule has 0 aromatic rings. The van der Waals surface area contributed by atoms with Gasteiger partial charge in [-0.1, -0.05) is 0 Å². The fourth-order valence-electron chi connectivity index (χ4n) is 3.14. The van der Waals surface area contributed by atoms with Crippen molar-refractivity contribution in [3.8, 4) is 0 Å². The zero-order valence-corrected chi connectivity index (χ0v) is 12.0. The van der Waals surface area contributed by atoms with E-state index in [9.17, 15) is 14.7 Å².